The van der Waals surface area contributed by atoms with Crippen molar-refractivity contribution in [2.75, 3.05) is 26.3 Å². The van der Waals surface area contributed by atoms with Crippen LogP contribution in [0.1, 0.15) is 24.8 Å². The number of carbonyl (C=O) groups excluding carboxylic acids is 2. The van der Waals surface area contributed by atoms with Crippen LogP contribution in [0.3, 0.4) is 0 Å². The predicted octanol–water partition coefficient (Wildman–Crippen LogP) is 0.768. The van der Waals surface area contributed by atoms with Crippen LogP contribution < -0.4 is 5.32 Å². The lowest BCUT2D eigenvalue weighted by Crippen LogP contribution is -2.42. The lowest BCUT2D eigenvalue weighted by molar-refractivity contribution is -0.128. The van der Waals surface area contributed by atoms with Gasteiger partial charge < -0.3 is 15.0 Å². The number of ether oxygens (including phenoxy) is 1. The average molecular weight is 317 g/mol. The highest BCUT2D eigenvalue weighted by Gasteiger charge is 2.30. The van der Waals surface area contributed by atoms with E-state index in [0.29, 0.717) is 32.6 Å². The van der Waals surface area contributed by atoms with Crippen molar-refractivity contribution in [3.63, 3.8) is 0 Å². The van der Waals surface area contributed by atoms with Crippen molar-refractivity contribution in [3.8, 4) is 0 Å². The zero-order valence-corrected chi connectivity index (χ0v) is 13.2. The fourth-order valence-electron chi connectivity index (χ4n) is 3.24. The van der Waals surface area contributed by atoms with E-state index in [1.54, 1.807) is 17.3 Å². The van der Waals surface area contributed by atoms with Gasteiger partial charge in [0.15, 0.2) is 0 Å². The van der Waals surface area contributed by atoms with Crippen LogP contribution in [0.15, 0.2) is 24.5 Å². The van der Waals surface area contributed by atoms with Crippen molar-refractivity contribution in [1.82, 2.24) is 15.2 Å². The molecule has 1 N–H and O–H groups in total. The van der Waals surface area contributed by atoms with Crippen molar-refractivity contribution in [2.24, 2.45) is 5.92 Å². The molecule has 2 aliphatic heterocycles. The summed E-state index contributed by atoms with van der Waals surface area (Å²) in [6.45, 7) is 2.53. The monoisotopic (exact) mass is 317 g/mol. The molecule has 0 saturated carbocycles. The summed E-state index contributed by atoms with van der Waals surface area (Å²) in [5, 5.41) is 3.07. The van der Waals surface area contributed by atoms with Crippen LogP contribution >= 0.6 is 0 Å². The van der Waals surface area contributed by atoms with Crippen LogP contribution in [0.2, 0.25) is 0 Å². The van der Waals surface area contributed by atoms with Gasteiger partial charge in [-0.05, 0) is 30.5 Å². The van der Waals surface area contributed by atoms with Crippen molar-refractivity contribution in [1.29, 1.82) is 0 Å². The van der Waals surface area contributed by atoms with Crippen molar-refractivity contribution in [3.05, 3.63) is 30.1 Å². The minimum atomic E-state index is -0.0000663. The van der Waals surface area contributed by atoms with E-state index in [0.717, 1.165) is 19.4 Å². The van der Waals surface area contributed by atoms with Crippen LogP contribution in [-0.2, 0) is 20.7 Å². The number of nitrogens with zero attached hydrogens (tertiary/aromatic N) is 2. The van der Waals surface area contributed by atoms with Crippen LogP contribution in [0, 0.1) is 5.92 Å². The van der Waals surface area contributed by atoms with Gasteiger partial charge in [-0.3, -0.25) is 14.6 Å². The molecular weight excluding hydrogens is 294 g/mol. The van der Waals surface area contributed by atoms with E-state index in [9.17, 15) is 9.59 Å². The molecule has 3 rings (SSSR count). The summed E-state index contributed by atoms with van der Waals surface area (Å²) in [6, 6.07) is 4.04. The highest BCUT2D eigenvalue weighted by atomic mass is 16.5. The Hall–Kier alpha value is -1.95. The number of hydrogen-bond donors (Lipinski definition) is 1. The van der Waals surface area contributed by atoms with Crippen molar-refractivity contribution in [2.45, 2.75) is 31.7 Å². The van der Waals surface area contributed by atoms with E-state index in [2.05, 4.69) is 10.3 Å². The van der Waals surface area contributed by atoms with E-state index in [-0.39, 0.29) is 23.8 Å². The van der Waals surface area contributed by atoms with E-state index >= 15 is 0 Å². The minimum absolute atomic E-state index is 0.0000663. The maximum atomic E-state index is 12.1. The standard InChI is InChI=1S/C17H23N3O3/c21-16(5-9-20-8-1-2-17(20)22)19-15-12-23-11-14(15)10-13-3-6-18-7-4-13/h3-4,6-7,14-15H,1-2,5,8-12H2,(H,19,21). The summed E-state index contributed by atoms with van der Waals surface area (Å²) in [7, 11) is 0. The Bertz CT molecular complexity index is 549. The molecular formula is C17H23N3O3. The number of pyridine rings is 1. The Morgan fingerprint density at radius 1 is 1.35 bits per heavy atom. The summed E-state index contributed by atoms with van der Waals surface area (Å²) >= 11 is 0. The molecule has 0 aromatic carbocycles. The molecule has 0 bridgehead atoms. The number of hydrogen-bond acceptors (Lipinski definition) is 4. The third-order valence-corrected chi connectivity index (χ3v) is 4.57. The van der Waals surface area contributed by atoms with E-state index in [1.807, 2.05) is 12.1 Å². The Labute approximate surface area is 136 Å². The van der Waals surface area contributed by atoms with Crippen LogP contribution in [0.5, 0.6) is 0 Å². The van der Waals surface area contributed by atoms with Crippen LogP contribution in [0.25, 0.3) is 0 Å². The smallest absolute Gasteiger partial charge is 0.222 e. The van der Waals surface area contributed by atoms with Crippen molar-refractivity contribution < 1.29 is 14.3 Å². The second-order valence-electron chi connectivity index (χ2n) is 6.27. The second-order valence-corrected chi connectivity index (χ2v) is 6.27. The first-order valence-electron chi connectivity index (χ1n) is 8.26. The Morgan fingerprint density at radius 2 is 2.17 bits per heavy atom. The molecule has 6 heteroatoms. The van der Waals surface area contributed by atoms with Gasteiger partial charge >= 0.3 is 0 Å². The van der Waals surface area contributed by atoms with Gasteiger partial charge in [-0.15, -0.1) is 0 Å². The second kappa shape index (κ2) is 7.55. The van der Waals surface area contributed by atoms with E-state index in [4.69, 9.17) is 4.74 Å². The van der Waals surface area contributed by atoms with Crippen molar-refractivity contribution >= 4 is 11.8 Å². The zero-order valence-electron chi connectivity index (χ0n) is 13.2. The summed E-state index contributed by atoms with van der Waals surface area (Å²) < 4.78 is 5.54. The maximum Gasteiger partial charge on any atom is 0.222 e. The fraction of sp³-hybridized carbons (Fsp3) is 0.588. The number of likely N-dealkylation sites (tertiary alicyclic amines) is 1. The third kappa shape index (κ3) is 4.28. The van der Waals surface area contributed by atoms with Gasteiger partial charge in [0.1, 0.15) is 0 Å². The number of nitrogens with one attached hydrogen (secondary N) is 1. The van der Waals surface area contributed by atoms with E-state index < -0.39 is 0 Å². The van der Waals surface area contributed by atoms with Crippen LogP contribution in [-0.4, -0.2) is 54.0 Å². The molecule has 124 valence electrons. The lowest BCUT2D eigenvalue weighted by Gasteiger charge is -2.20. The highest BCUT2D eigenvalue weighted by molar-refractivity contribution is 5.80. The first-order chi connectivity index (χ1) is 11.2. The molecule has 2 aliphatic rings. The number of amides is 2. The van der Waals surface area contributed by atoms with Gasteiger partial charge in [-0.1, -0.05) is 0 Å². The van der Waals surface area contributed by atoms with Gasteiger partial charge in [0.25, 0.3) is 0 Å². The van der Waals surface area contributed by atoms with Crippen LogP contribution in [0.4, 0.5) is 0 Å². The number of aromatic nitrogens is 1. The number of rotatable bonds is 6. The SMILES string of the molecule is O=C(CCN1CCCC1=O)NC1COCC1Cc1ccncc1. The summed E-state index contributed by atoms with van der Waals surface area (Å²) in [6.07, 6.45) is 6.33. The largest absolute Gasteiger partial charge is 0.379 e. The molecule has 2 atom stereocenters. The molecule has 3 heterocycles. The molecule has 0 aliphatic carbocycles. The molecule has 2 amide bonds. The molecule has 1 aromatic rings. The zero-order chi connectivity index (χ0) is 16.1. The minimum Gasteiger partial charge on any atom is -0.379 e. The number of carbonyl (C=O) groups is 2. The normalized spacial score (nSPS) is 24.2. The molecule has 0 spiro atoms. The first-order valence-corrected chi connectivity index (χ1v) is 8.26. The predicted molar refractivity (Wildman–Crippen MR) is 84.6 cm³/mol. The topological polar surface area (TPSA) is 71.5 Å². The van der Waals surface area contributed by atoms with Gasteiger partial charge in [0, 0.05) is 44.2 Å². The summed E-state index contributed by atoms with van der Waals surface area (Å²) in [5.41, 5.74) is 1.21. The van der Waals surface area contributed by atoms with Gasteiger partial charge in [-0.2, -0.15) is 0 Å². The highest BCUT2D eigenvalue weighted by Crippen LogP contribution is 2.19. The molecule has 2 saturated heterocycles. The first kappa shape index (κ1) is 15.9. The lowest BCUT2D eigenvalue weighted by atomic mass is 9.95. The average Bonchev–Trinajstić information content (AvgIpc) is 3.16. The molecule has 6 nitrogen and oxygen atoms in total. The molecule has 23 heavy (non-hydrogen) atoms. The molecule has 2 unspecified atom stereocenters. The fourth-order valence-corrected chi connectivity index (χ4v) is 3.24. The maximum absolute atomic E-state index is 12.1. The quantitative estimate of drug-likeness (QED) is 0.841. The Balaban J connectivity index is 1.46. The van der Waals surface area contributed by atoms with E-state index in [1.165, 1.54) is 5.56 Å². The Kier molecular flexibility index (Phi) is 5.23. The Morgan fingerprint density at radius 3 is 2.91 bits per heavy atom. The van der Waals surface area contributed by atoms with Gasteiger partial charge in [0.05, 0.1) is 19.3 Å². The third-order valence-electron chi connectivity index (χ3n) is 4.57. The molecule has 2 fully saturated rings. The van der Waals surface area contributed by atoms with Gasteiger partial charge in [0.2, 0.25) is 11.8 Å². The van der Waals surface area contributed by atoms with Gasteiger partial charge in [-0.25, -0.2) is 0 Å². The summed E-state index contributed by atoms with van der Waals surface area (Å²) in [5.74, 6) is 0.451. The molecule has 0 radical (unpaired) electrons. The molecule has 1 aromatic heterocycles. The summed E-state index contributed by atoms with van der Waals surface area (Å²) in [4.78, 5) is 29.5.